The van der Waals surface area contributed by atoms with Gasteiger partial charge in [-0.05, 0) is 36.2 Å². The van der Waals surface area contributed by atoms with Gasteiger partial charge in [0.15, 0.2) is 11.5 Å². The predicted octanol–water partition coefficient (Wildman–Crippen LogP) is 2.44. The van der Waals surface area contributed by atoms with E-state index in [9.17, 15) is 4.79 Å². The molecule has 2 aromatic heterocycles. The van der Waals surface area contributed by atoms with Crippen LogP contribution in [0.4, 0.5) is 5.95 Å². The number of nitrogens with zero attached hydrogens (tertiary/aromatic N) is 3. The summed E-state index contributed by atoms with van der Waals surface area (Å²) >= 11 is 0. The van der Waals surface area contributed by atoms with Gasteiger partial charge in [0.05, 0.1) is 14.2 Å². The van der Waals surface area contributed by atoms with Gasteiger partial charge in [0, 0.05) is 31.8 Å². The van der Waals surface area contributed by atoms with E-state index in [0.717, 1.165) is 12.0 Å². The van der Waals surface area contributed by atoms with Gasteiger partial charge in [0.1, 0.15) is 5.82 Å². The first kappa shape index (κ1) is 18.5. The number of carbonyl (C=O) groups excluding carboxylic acids is 1. The standard InChI is InChI=1S/C19H23N5O3/c1-26-15-7-5-14(13-16(15)27-2)6-8-17-20-19(23-22-17)21-18(25)9-12-24-10-3-4-11-24/h3-5,7,10-11,13H,6,8-9,12H2,1-2H3,(H2,20,21,22,23,25). The lowest BCUT2D eigenvalue weighted by molar-refractivity contribution is -0.116. The van der Waals surface area contributed by atoms with Crippen LogP contribution >= 0.6 is 0 Å². The van der Waals surface area contributed by atoms with E-state index in [1.54, 1.807) is 14.2 Å². The first-order valence-corrected chi connectivity index (χ1v) is 8.70. The summed E-state index contributed by atoms with van der Waals surface area (Å²) in [6.07, 6.45) is 5.64. The zero-order valence-electron chi connectivity index (χ0n) is 15.4. The van der Waals surface area contributed by atoms with Crippen LogP contribution in [0, 0.1) is 0 Å². The number of aromatic nitrogens is 4. The first-order valence-electron chi connectivity index (χ1n) is 8.70. The Bertz CT molecular complexity index is 873. The second kappa shape index (κ2) is 8.88. The van der Waals surface area contributed by atoms with Gasteiger partial charge in [-0.1, -0.05) is 6.07 Å². The quantitative estimate of drug-likeness (QED) is 0.604. The molecule has 27 heavy (non-hydrogen) atoms. The monoisotopic (exact) mass is 369 g/mol. The number of anilines is 1. The van der Waals surface area contributed by atoms with Gasteiger partial charge in [-0.2, -0.15) is 4.98 Å². The smallest absolute Gasteiger partial charge is 0.248 e. The van der Waals surface area contributed by atoms with Crippen LogP contribution in [-0.4, -0.2) is 39.9 Å². The Hall–Kier alpha value is -3.29. The van der Waals surface area contributed by atoms with Crippen LogP contribution in [0.2, 0.25) is 0 Å². The van der Waals surface area contributed by atoms with Gasteiger partial charge in [0.25, 0.3) is 0 Å². The summed E-state index contributed by atoms with van der Waals surface area (Å²) in [5, 5.41) is 9.63. The molecule has 0 atom stereocenters. The van der Waals surface area contributed by atoms with Crippen molar-refractivity contribution < 1.29 is 14.3 Å². The Kier molecular flexibility index (Phi) is 6.09. The summed E-state index contributed by atoms with van der Waals surface area (Å²) in [4.78, 5) is 16.3. The Morgan fingerprint density at radius 2 is 1.93 bits per heavy atom. The molecule has 0 saturated carbocycles. The third kappa shape index (κ3) is 5.10. The lowest BCUT2D eigenvalue weighted by Gasteiger charge is -2.09. The Balaban J connectivity index is 1.49. The van der Waals surface area contributed by atoms with E-state index in [4.69, 9.17) is 9.47 Å². The largest absolute Gasteiger partial charge is 0.493 e. The third-order valence-electron chi connectivity index (χ3n) is 4.14. The molecule has 0 spiro atoms. The van der Waals surface area contributed by atoms with Crippen molar-refractivity contribution in [3.05, 3.63) is 54.1 Å². The van der Waals surface area contributed by atoms with Crippen LogP contribution in [0.1, 0.15) is 17.8 Å². The molecule has 2 heterocycles. The van der Waals surface area contributed by atoms with E-state index in [1.165, 1.54) is 0 Å². The molecule has 8 heteroatoms. The number of methoxy groups -OCH3 is 2. The molecule has 0 unspecified atom stereocenters. The third-order valence-corrected chi connectivity index (χ3v) is 4.14. The molecule has 0 radical (unpaired) electrons. The van der Waals surface area contributed by atoms with E-state index in [0.29, 0.717) is 42.7 Å². The molecule has 3 aromatic rings. The lowest BCUT2D eigenvalue weighted by atomic mass is 10.1. The van der Waals surface area contributed by atoms with Crippen molar-refractivity contribution >= 4 is 11.9 Å². The highest BCUT2D eigenvalue weighted by Gasteiger charge is 2.09. The summed E-state index contributed by atoms with van der Waals surface area (Å²) in [6, 6.07) is 9.67. The molecule has 0 aliphatic heterocycles. The van der Waals surface area contributed by atoms with Crippen molar-refractivity contribution in [2.24, 2.45) is 0 Å². The van der Waals surface area contributed by atoms with Crippen LogP contribution in [0.5, 0.6) is 11.5 Å². The normalized spacial score (nSPS) is 10.6. The number of rotatable bonds is 9. The molecule has 0 fully saturated rings. The summed E-state index contributed by atoms with van der Waals surface area (Å²) in [6.45, 7) is 0.620. The zero-order chi connectivity index (χ0) is 19.1. The maximum absolute atomic E-state index is 12.0. The highest BCUT2D eigenvalue weighted by atomic mass is 16.5. The topological polar surface area (TPSA) is 94.1 Å². The van der Waals surface area contributed by atoms with Gasteiger partial charge in [0.2, 0.25) is 11.9 Å². The summed E-state index contributed by atoms with van der Waals surface area (Å²) in [7, 11) is 3.23. The van der Waals surface area contributed by atoms with Crippen molar-refractivity contribution in [3.63, 3.8) is 0 Å². The van der Waals surface area contributed by atoms with Crippen LogP contribution in [0.3, 0.4) is 0 Å². The number of amides is 1. The molecule has 0 aliphatic rings. The number of hydrogen-bond acceptors (Lipinski definition) is 5. The van der Waals surface area contributed by atoms with E-state index in [1.807, 2.05) is 47.3 Å². The van der Waals surface area contributed by atoms with Gasteiger partial charge < -0.3 is 14.0 Å². The molecule has 8 nitrogen and oxygen atoms in total. The fraction of sp³-hybridized carbons (Fsp3) is 0.316. The van der Waals surface area contributed by atoms with Crippen molar-refractivity contribution in [2.45, 2.75) is 25.8 Å². The Morgan fingerprint density at radius 3 is 2.67 bits per heavy atom. The van der Waals surface area contributed by atoms with Gasteiger partial charge >= 0.3 is 0 Å². The van der Waals surface area contributed by atoms with Crippen molar-refractivity contribution in [3.8, 4) is 11.5 Å². The van der Waals surface area contributed by atoms with Gasteiger partial charge in [-0.25, -0.2) is 0 Å². The highest BCUT2D eigenvalue weighted by molar-refractivity contribution is 5.88. The van der Waals surface area contributed by atoms with Crippen LogP contribution in [0.15, 0.2) is 42.7 Å². The number of H-pyrrole nitrogens is 1. The highest BCUT2D eigenvalue weighted by Crippen LogP contribution is 2.27. The molecule has 1 amide bonds. The molecule has 0 aliphatic carbocycles. The van der Waals surface area contributed by atoms with Crippen molar-refractivity contribution in [2.75, 3.05) is 19.5 Å². The minimum absolute atomic E-state index is 0.117. The van der Waals surface area contributed by atoms with E-state index in [-0.39, 0.29) is 5.91 Å². The number of benzene rings is 1. The number of hydrogen-bond donors (Lipinski definition) is 2. The number of aromatic amines is 1. The lowest BCUT2D eigenvalue weighted by Crippen LogP contribution is -2.15. The summed E-state index contributed by atoms with van der Waals surface area (Å²) in [5.41, 5.74) is 1.10. The predicted molar refractivity (Wildman–Crippen MR) is 101 cm³/mol. The number of carbonyl (C=O) groups is 1. The van der Waals surface area contributed by atoms with Crippen LogP contribution in [0.25, 0.3) is 0 Å². The number of ether oxygens (including phenoxy) is 2. The van der Waals surface area contributed by atoms with Gasteiger partial charge in [-0.3, -0.25) is 15.2 Å². The minimum atomic E-state index is -0.117. The molecule has 2 N–H and O–H groups in total. The maximum Gasteiger partial charge on any atom is 0.248 e. The molecule has 142 valence electrons. The second-order valence-corrected chi connectivity index (χ2v) is 6.01. The molecule has 0 bridgehead atoms. The number of nitrogens with one attached hydrogen (secondary N) is 2. The molecule has 0 saturated heterocycles. The molecular weight excluding hydrogens is 346 g/mol. The summed E-state index contributed by atoms with van der Waals surface area (Å²) < 4.78 is 12.5. The summed E-state index contributed by atoms with van der Waals surface area (Å²) in [5.74, 6) is 2.29. The Labute approximate surface area is 157 Å². The van der Waals surface area contributed by atoms with Crippen molar-refractivity contribution in [1.82, 2.24) is 19.7 Å². The fourth-order valence-electron chi connectivity index (χ4n) is 2.70. The molecule has 1 aromatic carbocycles. The van der Waals surface area contributed by atoms with Gasteiger partial charge in [-0.15, -0.1) is 5.10 Å². The average molecular weight is 369 g/mol. The molecular formula is C19H23N5O3. The maximum atomic E-state index is 12.0. The van der Waals surface area contributed by atoms with Crippen LogP contribution in [-0.2, 0) is 24.2 Å². The fourth-order valence-corrected chi connectivity index (χ4v) is 2.70. The van der Waals surface area contributed by atoms with Crippen molar-refractivity contribution in [1.29, 1.82) is 0 Å². The Morgan fingerprint density at radius 1 is 1.15 bits per heavy atom. The number of aryl methyl sites for hydroxylation is 3. The molecule has 3 rings (SSSR count). The van der Waals surface area contributed by atoms with E-state index < -0.39 is 0 Å². The minimum Gasteiger partial charge on any atom is -0.493 e. The van der Waals surface area contributed by atoms with Crippen LogP contribution < -0.4 is 14.8 Å². The second-order valence-electron chi connectivity index (χ2n) is 6.01. The van der Waals surface area contributed by atoms with E-state index >= 15 is 0 Å². The van der Waals surface area contributed by atoms with E-state index in [2.05, 4.69) is 20.5 Å². The SMILES string of the molecule is COc1ccc(CCc2nc(NC(=O)CCn3cccc3)n[nH]2)cc1OC. The zero-order valence-corrected chi connectivity index (χ0v) is 15.4. The first-order chi connectivity index (χ1) is 13.2. The average Bonchev–Trinajstić information content (AvgIpc) is 3.36.